The van der Waals surface area contributed by atoms with E-state index in [0.717, 1.165) is 54.8 Å². The van der Waals surface area contributed by atoms with Crippen LogP contribution >= 0.6 is 34.5 Å². The molecule has 0 bridgehead atoms. The lowest BCUT2D eigenvalue weighted by Crippen LogP contribution is -2.47. The molecule has 38 heavy (non-hydrogen) atoms. The maximum absolute atomic E-state index is 13.4. The number of aromatic nitrogens is 3. The van der Waals surface area contributed by atoms with Crippen LogP contribution in [-0.2, 0) is 12.0 Å². The standard InChI is InChI=1S/C28H26Cl2N6OS/c29-21-4-3-19(14-22(21)30)2-1-11-35-12-8-28(9-13-35)17-36(27(37)31-15-20-7-10-33-34-16-20)23-5-6-24-26(25(23)28)32-18-38-24/h1-7,10,14,16,18H,8-9,11-13,15,17H2,(H,31,37). The molecule has 1 saturated heterocycles. The third-order valence-corrected chi connectivity index (χ3v) is 9.06. The summed E-state index contributed by atoms with van der Waals surface area (Å²) in [5, 5.41) is 11.9. The number of piperidine rings is 1. The van der Waals surface area contributed by atoms with Crippen molar-refractivity contribution in [3.8, 4) is 0 Å². The molecule has 10 heteroatoms. The summed E-state index contributed by atoms with van der Waals surface area (Å²) in [5.41, 5.74) is 6.98. The van der Waals surface area contributed by atoms with E-state index >= 15 is 0 Å². The van der Waals surface area contributed by atoms with E-state index in [1.54, 1.807) is 23.7 Å². The van der Waals surface area contributed by atoms with Crippen molar-refractivity contribution in [1.82, 2.24) is 25.4 Å². The first-order valence-corrected chi connectivity index (χ1v) is 14.2. The highest BCUT2D eigenvalue weighted by Gasteiger charge is 2.47. The highest BCUT2D eigenvalue weighted by molar-refractivity contribution is 7.16. The third kappa shape index (κ3) is 4.89. The van der Waals surface area contributed by atoms with Crippen LogP contribution in [0.2, 0.25) is 10.0 Å². The van der Waals surface area contributed by atoms with Gasteiger partial charge in [-0.15, -0.1) is 11.3 Å². The molecule has 0 unspecified atom stereocenters. The Bertz CT molecular complexity index is 1500. The highest BCUT2D eigenvalue weighted by Crippen LogP contribution is 2.50. The van der Waals surface area contributed by atoms with Gasteiger partial charge in [0.15, 0.2) is 0 Å². The van der Waals surface area contributed by atoms with E-state index in [4.69, 9.17) is 28.2 Å². The topological polar surface area (TPSA) is 74.2 Å². The molecule has 194 valence electrons. The first-order chi connectivity index (χ1) is 18.5. The molecule has 7 nitrogen and oxygen atoms in total. The first kappa shape index (κ1) is 25.2. The van der Waals surface area contributed by atoms with E-state index < -0.39 is 0 Å². The molecule has 2 aliphatic heterocycles. The highest BCUT2D eigenvalue weighted by atomic mass is 35.5. The van der Waals surface area contributed by atoms with Gasteiger partial charge in [0.1, 0.15) is 0 Å². The predicted octanol–water partition coefficient (Wildman–Crippen LogP) is 6.17. The zero-order valence-electron chi connectivity index (χ0n) is 20.6. The molecular formula is C28H26Cl2N6OS. The number of hydrogen-bond donors (Lipinski definition) is 1. The van der Waals surface area contributed by atoms with Gasteiger partial charge in [-0.2, -0.15) is 10.2 Å². The van der Waals surface area contributed by atoms with Crippen molar-refractivity contribution in [2.45, 2.75) is 24.8 Å². The number of hydrogen-bond acceptors (Lipinski definition) is 6. The van der Waals surface area contributed by atoms with Crippen LogP contribution in [0.25, 0.3) is 16.3 Å². The van der Waals surface area contributed by atoms with Gasteiger partial charge < -0.3 is 5.32 Å². The number of benzene rings is 2. The fraction of sp³-hybridized carbons (Fsp3) is 0.286. The van der Waals surface area contributed by atoms with Gasteiger partial charge in [-0.1, -0.05) is 41.4 Å². The van der Waals surface area contributed by atoms with Crippen molar-refractivity contribution in [1.29, 1.82) is 0 Å². The van der Waals surface area contributed by atoms with Gasteiger partial charge in [0.2, 0.25) is 0 Å². The molecule has 4 heterocycles. The van der Waals surface area contributed by atoms with Gasteiger partial charge in [0.05, 0.1) is 37.7 Å². The molecule has 6 rings (SSSR count). The molecule has 4 aromatic rings. The average molecular weight is 566 g/mol. The summed E-state index contributed by atoms with van der Waals surface area (Å²) < 4.78 is 1.17. The number of thiazole rings is 1. The molecule has 1 spiro atoms. The van der Waals surface area contributed by atoms with Crippen molar-refractivity contribution in [2.24, 2.45) is 0 Å². The monoisotopic (exact) mass is 564 g/mol. The molecule has 0 radical (unpaired) electrons. The van der Waals surface area contributed by atoms with Crippen molar-refractivity contribution in [2.75, 3.05) is 31.1 Å². The molecule has 2 amide bonds. The summed E-state index contributed by atoms with van der Waals surface area (Å²) in [6.07, 6.45) is 9.50. The van der Waals surface area contributed by atoms with Crippen LogP contribution in [0.3, 0.4) is 0 Å². The van der Waals surface area contributed by atoms with Crippen molar-refractivity contribution >= 4 is 62.5 Å². The van der Waals surface area contributed by atoms with Crippen LogP contribution in [0.1, 0.15) is 29.5 Å². The van der Waals surface area contributed by atoms with Crippen LogP contribution < -0.4 is 10.2 Å². The molecule has 2 aliphatic rings. The fourth-order valence-corrected chi connectivity index (χ4v) is 6.53. The van der Waals surface area contributed by atoms with Gasteiger partial charge in [-0.25, -0.2) is 9.78 Å². The third-order valence-electron chi connectivity index (χ3n) is 7.53. The number of anilines is 1. The Morgan fingerprint density at radius 3 is 2.76 bits per heavy atom. The van der Waals surface area contributed by atoms with Gasteiger partial charge in [-0.05, 0) is 67.4 Å². The second-order valence-electron chi connectivity index (χ2n) is 9.81. The van der Waals surface area contributed by atoms with Gasteiger partial charge in [0.25, 0.3) is 0 Å². The van der Waals surface area contributed by atoms with Gasteiger partial charge >= 0.3 is 6.03 Å². The number of amides is 2. The van der Waals surface area contributed by atoms with Crippen LogP contribution in [-0.4, -0.2) is 52.3 Å². The summed E-state index contributed by atoms with van der Waals surface area (Å²) in [7, 11) is 0. The number of carbonyl (C=O) groups is 1. The number of fused-ring (bicyclic) bond motifs is 4. The Kier molecular flexibility index (Phi) is 7.05. The minimum Gasteiger partial charge on any atom is -0.334 e. The lowest BCUT2D eigenvalue weighted by Gasteiger charge is -2.39. The van der Waals surface area contributed by atoms with E-state index in [2.05, 4.69) is 44.7 Å². The molecule has 1 fully saturated rings. The van der Waals surface area contributed by atoms with E-state index in [9.17, 15) is 4.79 Å². The first-order valence-electron chi connectivity index (χ1n) is 12.5. The minimum absolute atomic E-state index is 0.0958. The zero-order valence-corrected chi connectivity index (χ0v) is 22.9. The largest absolute Gasteiger partial charge is 0.334 e. The van der Waals surface area contributed by atoms with Crippen molar-refractivity contribution in [3.63, 3.8) is 0 Å². The predicted molar refractivity (Wildman–Crippen MR) is 154 cm³/mol. The summed E-state index contributed by atoms with van der Waals surface area (Å²) in [6.45, 7) is 3.82. The van der Waals surface area contributed by atoms with Crippen LogP contribution in [0.15, 0.2) is 60.4 Å². The molecule has 0 saturated carbocycles. The number of nitrogens with one attached hydrogen (secondary N) is 1. The smallest absolute Gasteiger partial charge is 0.322 e. The number of rotatable bonds is 5. The molecule has 0 aliphatic carbocycles. The second kappa shape index (κ2) is 10.6. The quantitative estimate of drug-likeness (QED) is 0.313. The summed E-state index contributed by atoms with van der Waals surface area (Å²) in [6, 6.07) is 11.6. The van der Waals surface area contributed by atoms with E-state index in [1.807, 2.05) is 34.7 Å². The maximum Gasteiger partial charge on any atom is 0.322 e. The lowest BCUT2D eigenvalue weighted by molar-refractivity contribution is 0.180. The molecule has 2 aromatic carbocycles. The average Bonchev–Trinajstić information content (AvgIpc) is 3.54. The van der Waals surface area contributed by atoms with Crippen LogP contribution in [0, 0.1) is 0 Å². The normalized spacial score (nSPS) is 16.9. The molecule has 2 aromatic heterocycles. The molecule has 1 N–H and O–H groups in total. The van der Waals surface area contributed by atoms with Crippen molar-refractivity contribution < 1.29 is 4.79 Å². The van der Waals surface area contributed by atoms with E-state index in [0.29, 0.717) is 23.1 Å². The Morgan fingerprint density at radius 2 is 1.97 bits per heavy atom. The minimum atomic E-state index is -0.109. The number of urea groups is 1. The second-order valence-corrected chi connectivity index (χ2v) is 11.5. The number of halogens is 2. The van der Waals surface area contributed by atoms with E-state index in [1.165, 1.54) is 10.3 Å². The lowest BCUT2D eigenvalue weighted by atomic mass is 9.74. The summed E-state index contributed by atoms with van der Waals surface area (Å²) in [4.78, 5) is 22.5. The van der Waals surface area contributed by atoms with Crippen LogP contribution in [0.4, 0.5) is 10.5 Å². The molecular weight excluding hydrogens is 539 g/mol. The number of carbonyl (C=O) groups excluding carboxylic acids is 1. The Labute approximate surface area is 235 Å². The fourth-order valence-electron chi connectivity index (χ4n) is 5.54. The van der Waals surface area contributed by atoms with Crippen molar-refractivity contribution in [3.05, 3.63) is 87.1 Å². The number of nitrogens with zero attached hydrogens (tertiary/aromatic N) is 5. The SMILES string of the molecule is O=C(NCc1ccnnc1)N1CC2(CCN(CC=Cc3ccc(Cl)c(Cl)c3)CC2)c2c1ccc1scnc21. The Morgan fingerprint density at radius 1 is 1.11 bits per heavy atom. The Hall–Kier alpha value is -3.04. The maximum atomic E-state index is 13.4. The van der Waals surface area contributed by atoms with Crippen LogP contribution in [0.5, 0.6) is 0 Å². The number of likely N-dealkylation sites (tertiary alicyclic amines) is 1. The zero-order chi connectivity index (χ0) is 26.1. The van der Waals surface area contributed by atoms with Gasteiger partial charge in [-0.3, -0.25) is 9.80 Å². The van der Waals surface area contributed by atoms with Gasteiger partial charge in [0, 0.05) is 36.8 Å². The summed E-state index contributed by atoms with van der Waals surface area (Å²) in [5.74, 6) is 0. The van der Waals surface area contributed by atoms with E-state index in [-0.39, 0.29) is 11.4 Å². The molecule has 0 atom stereocenters. The summed E-state index contributed by atoms with van der Waals surface area (Å²) >= 11 is 13.8. The Balaban J connectivity index is 1.18.